The lowest BCUT2D eigenvalue weighted by Gasteiger charge is -2.14. The lowest BCUT2D eigenvalue weighted by Crippen LogP contribution is -2.14. The molecule has 1 unspecified atom stereocenters. The third kappa shape index (κ3) is 14.5. The standard InChI is InChI=1S/C13H28O6S/c1-3-5-6-13(4-2)11-16-9-7-15-8-10-17-12-20-19-18-14/h13-14H,3-12H2,1-2H3/p-1. The molecule has 0 bridgehead atoms. The molecule has 0 aromatic carbocycles. The van der Waals surface area contributed by atoms with Crippen molar-refractivity contribution in [1.29, 1.82) is 0 Å². The van der Waals surface area contributed by atoms with E-state index in [1.807, 2.05) is 0 Å². The van der Waals surface area contributed by atoms with E-state index in [0.29, 0.717) is 32.3 Å². The Morgan fingerprint density at radius 3 is 2.35 bits per heavy atom. The Labute approximate surface area is 126 Å². The minimum atomic E-state index is 0.234. The molecule has 20 heavy (non-hydrogen) atoms. The molecule has 0 fully saturated rings. The van der Waals surface area contributed by atoms with Gasteiger partial charge in [0, 0.05) is 6.61 Å². The van der Waals surface area contributed by atoms with Gasteiger partial charge in [0.15, 0.2) is 0 Å². The van der Waals surface area contributed by atoms with Crippen LogP contribution in [0.3, 0.4) is 0 Å². The van der Waals surface area contributed by atoms with Crippen LogP contribution in [0.1, 0.15) is 39.5 Å². The lowest BCUT2D eigenvalue weighted by molar-refractivity contribution is -0.777. The van der Waals surface area contributed by atoms with Crippen LogP contribution in [0.5, 0.6) is 0 Å². The number of hydrogen-bond acceptors (Lipinski definition) is 7. The van der Waals surface area contributed by atoms with Crippen molar-refractivity contribution in [3.63, 3.8) is 0 Å². The molecule has 1 atom stereocenters. The first-order valence-corrected chi connectivity index (χ1v) is 8.07. The molecule has 6 nitrogen and oxygen atoms in total. The molecular formula is C13H27O6S-. The van der Waals surface area contributed by atoms with E-state index in [2.05, 4.69) is 23.2 Å². The first kappa shape index (κ1) is 20.1. The molecule has 0 saturated heterocycles. The lowest BCUT2D eigenvalue weighted by atomic mass is 10.0. The van der Waals surface area contributed by atoms with Crippen molar-refractivity contribution in [3.8, 4) is 0 Å². The maximum atomic E-state index is 9.46. The van der Waals surface area contributed by atoms with Crippen molar-refractivity contribution >= 4 is 12.0 Å². The Hall–Kier alpha value is 0.110. The second-order valence-electron chi connectivity index (χ2n) is 4.38. The van der Waals surface area contributed by atoms with Crippen LogP contribution >= 0.6 is 12.0 Å². The van der Waals surface area contributed by atoms with Gasteiger partial charge in [-0.05, 0) is 12.3 Å². The Kier molecular flexibility index (Phi) is 17.3. The molecule has 0 aliphatic heterocycles. The summed E-state index contributed by atoms with van der Waals surface area (Å²) in [5.74, 6) is 0.899. The zero-order chi connectivity index (χ0) is 14.9. The average molecular weight is 311 g/mol. The van der Waals surface area contributed by atoms with Crippen molar-refractivity contribution in [2.24, 2.45) is 5.92 Å². The van der Waals surface area contributed by atoms with Crippen LogP contribution in [0.25, 0.3) is 0 Å². The van der Waals surface area contributed by atoms with Gasteiger partial charge in [-0.2, -0.15) is 4.33 Å². The third-order valence-corrected chi connectivity index (χ3v) is 3.26. The third-order valence-electron chi connectivity index (χ3n) is 2.85. The van der Waals surface area contributed by atoms with Crippen molar-refractivity contribution in [2.45, 2.75) is 39.5 Å². The summed E-state index contributed by atoms with van der Waals surface area (Å²) in [6.07, 6.45) is 4.93. The van der Waals surface area contributed by atoms with Crippen LogP contribution in [-0.4, -0.2) is 39.0 Å². The summed E-state index contributed by atoms with van der Waals surface area (Å²) in [6, 6.07) is 0. The van der Waals surface area contributed by atoms with Gasteiger partial charge < -0.3 is 19.5 Å². The van der Waals surface area contributed by atoms with E-state index in [1.165, 1.54) is 25.7 Å². The van der Waals surface area contributed by atoms with Crippen molar-refractivity contribution in [1.82, 2.24) is 0 Å². The van der Waals surface area contributed by atoms with Gasteiger partial charge in [-0.1, -0.05) is 33.1 Å². The van der Waals surface area contributed by atoms with Gasteiger partial charge in [0.05, 0.1) is 38.5 Å². The summed E-state index contributed by atoms with van der Waals surface area (Å²) in [4.78, 5) is 0. The molecule has 7 heteroatoms. The van der Waals surface area contributed by atoms with Gasteiger partial charge >= 0.3 is 0 Å². The minimum Gasteiger partial charge on any atom is -0.691 e. The fourth-order valence-corrected chi connectivity index (χ4v) is 1.88. The summed E-state index contributed by atoms with van der Waals surface area (Å²) < 4.78 is 20.1. The highest BCUT2D eigenvalue weighted by atomic mass is 32.2. The van der Waals surface area contributed by atoms with E-state index < -0.39 is 0 Å². The van der Waals surface area contributed by atoms with E-state index >= 15 is 0 Å². The molecule has 0 aliphatic rings. The molecule has 0 spiro atoms. The molecule has 0 aliphatic carbocycles. The Morgan fingerprint density at radius 1 is 1.00 bits per heavy atom. The highest BCUT2D eigenvalue weighted by Gasteiger charge is 2.05. The molecule has 0 aromatic heterocycles. The Balaban J connectivity index is 3.15. The van der Waals surface area contributed by atoms with Crippen LogP contribution in [0.2, 0.25) is 0 Å². The molecule has 0 rings (SSSR count). The SMILES string of the molecule is CCCCC(CC)COCCOCCOCSOO[O-]. The summed E-state index contributed by atoms with van der Waals surface area (Å²) in [7, 11) is 0. The minimum absolute atomic E-state index is 0.234. The number of hydrogen-bond donors (Lipinski definition) is 0. The zero-order valence-electron chi connectivity index (χ0n) is 12.5. The largest absolute Gasteiger partial charge is 0.691 e. The molecule has 0 saturated carbocycles. The highest BCUT2D eigenvalue weighted by Crippen LogP contribution is 2.12. The maximum Gasteiger partial charge on any atom is 0.121 e. The van der Waals surface area contributed by atoms with Crippen LogP contribution < -0.4 is 5.26 Å². The van der Waals surface area contributed by atoms with Crippen LogP contribution in [0, 0.1) is 5.92 Å². The molecular weight excluding hydrogens is 284 g/mol. The molecule has 0 aromatic rings. The number of rotatable bonds is 16. The van der Waals surface area contributed by atoms with Crippen LogP contribution in [-0.2, 0) is 23.6 Å². The first-order valence-electron chi connectivity index (χ1n) is 7.16. The topological polar surface area (TPSA) is 69.2 Å². The predicted molar refractivity (Wildman–Crippen MR) is 75.5 cm³/mol. The van der Waals surface area contributed by atoms with E-state index in [1.54, 1.807) is 0 Å². The van der Waals surface area contributed by atoms with E-state index in [4.69, 9.17) is 14.2 Å². The van der Waals surface area contributed by atoms with E-state index in [9.17, 15) is 5.26 Å². The number of ether oxygens (including phenoxy) is 3. The van der Waals surface area contributed by atoms with Gasteiger partial charge in [0.1, 0.15) is 5.94 Å². The highest BCUT2D eigenvalue weighted by molar-refractivity contribution is 7.94. The monoisotopic (exact) mass is 311 g/mol. The maximum absolute atomic E-state index is 9.46. The van der Waals surface area contributed by atoms with Crippen molar-refractivity contribution in [3.05, 3.63) is 0 Å². The van der Waals surface area contributed by atoms with Gasteiger partial charge in [0.25, 0.3) is 0 Å². The summed E-state index contributed by atoms with van der Waals surface area (Å²) in [5.41, 5.74) is 0. The normalized spacial score (nSPS) is 12.8. The predicted octanol–water partition coefficient (Wildman–Crippen LogP) is 2.08. The first-order chi connectivity index (χ1) is 9.85. The molecule has 0 amide bonds. The van der Waals surface area contributed by atoms with Crippen LogP contribution in [0.4, 0.5) is 0 Å². The molecule has 0 heterocycles. The second-order valence-corrected chi connectivity index (χ2v) is 4.99. The van der Waals surface area contributed by atoms with Gasteiger partial charge in [0.2, 0.25) is 0 Å². The molecule has 122 valence electrons. The summed E-state index contributed by atoms with van der Waals surface area (Å²) in [6.45, 7) is 7.36. The van der Waals surface area contributed by atoms with Crippen molar-refractivity contribution < 1.29 is 28.8 Å². The fourth-order valence-electron chi connectivity index (χ4n) is 1.62. The Bertz CT molecular complexity index is 184. The van der Waals surface area contributed by atoms with Gasteiger partial charge in [-0.3, -0.25) is 5.04 Å². The number of unbranched alkanes of at least 4 members (excludes halogenated alkanes) is 1. The second kappa shape index (κ2) is 17.2. The quantitative estimate of drug-likeness (QED) is 0.142. The molecule has 0 N–H and O–H groups in total. The zero-order valence-corrected chi connectivity index (χ0v) is 13.3. The van der Waals surface area contributed by atoms with E-state index in [0.717, 1.165) is 18.6 Å². The van der Waals surface area contributed by atoms with Gasteiger partial charge in [-0.25, -0.2) is 0 Å². The Morgan fingerprint density at radius 2 is 1.70 bits per heavy atom. The molecule has 0 radical (unpaired) electrons. The van der Waals surface area contributed by atoms with E-state index in [-0.39, 0.29) is 5.94 Å². The van der Waals surface area contributed by atoms with Gasteiger partial charge in [-0.15, -0.1) is 0 Å². The van der Waals surface area contributed by atoms with Crippen LogP contribution in [0.15, 0.2) is 0 Å². The summed E-state index contributed by atoms with van der Waals surface area (Å²) in [5, 5.41) is 12.6. The van der Waals surface area contributed by atoms with Crippen molar-refractivity contribution in [2.75, 3.05) is 39.0 Å². The fraction of sp³-hybridized carbons (Fsp3) is 1.00. The summed E-state index contributed by atoms with van der Waals surface area (Å²) >= 11 is 0.800. The average Bonchev–Trinajstić information content (AvgIpc) is 2.48. The smallest absolute Gasteiger partial charge is 0.121 e.